The third-order valence-electron chi connectivity index (χ3n) is 3.32. The van der Waals surface area contributed by atoms with Crippen molar-refractivity contribution in [3.05, 3.63) is 46.3 Å². The Morgan fingerprint density at radius 1 is 1.33 bits per heavy atom. The topological polar surface area (TPSA) is 33.2 Å². The van der Waals surface area contributed by atoms with Gasteiger partial charge in [0.2, 0.25) is 5.78 Å². The quantitative estimate of drug-likeness (QED) is 0.343. The van der Waals surface area contributed by atoms with Crippen LogP contribution in [-0.4, -0.2) is 53.1 Å². The molecule has 0 N–H and O–H groups in total. The minimum absolute atomic E-state index is 0.0754. The fourth-order valence-corrected chi connectivity index (χ4v) is 5.02. The molecule has 3 nitrogen and oxygen atoms in total. The molecule has 0 radical (unpaired) electrons. The van der Waals surface area contributed by atoms with Crippen molar-refractivity contribution in [3.8, 4) is 0 Å². The number of carbonyl (C=O) groups excluding carboxylic acids is 1. The summed E-state index contributed by atoms with van der Waals surface area (Å²) in [6.45, 7) is 3.34. The number of pyridine rings is 1. The minimum atomic E-state index is 0.0754. The average Bonchev–Trinajstić information content (AvgIpc) is 3.08. The summed E-state index contributed by atoms with van der Waals surface area (Å²) in [5, 5.41) is 3.21. The molecule has 1 unspecified atom stereocenters. The number of rotatable bonds is 10. The van der Waals surface area contributed by atoms with Crippen molar-refractivity contribution >= 4 is 40.6 Å². The highest BCUT2D eigenvalue weighted by atomic mass is 32.2. The molecule has 130 valence electrons. The highest BCUT2D eigenvalue weighted by molar-refractivity contribution is 8.03. The number of aromatic nitrogens is 1. The van der Waals surface area contributed by atoms with E-state index in [1.807, 2.05) is 41.4 Å². The van der Waals surface area contributed by atoms with E-state index in [-0.39, 0.29) is 5.78 Å². The average molecular weight is 381 g/mol. The first-order chi connectivity index (χ1) is 11.6. The molecular formula is C18H24N2OS3. The number of nitrogens with zero attached hydrogens (tertiary/aromatic N) is 2. The van der Waals surface area contributed by atoms with E-state index in [9.17, 15) is 4.79 Å². The highest BCUT2D eigenvalue weighted by Crippen LogP contribution is 2.29. The number of hydrogen-bond acceptors (Lipinski definition) is 6. The van der Waals surface area contributed by atoms with Gasteiger partial charge in [0.15, 0.2) is 0 Å². The van der Waals surface area contributed by atoms with Gasteiger partial charge in [-0.05, 0) is 56.4 Å². The molecule has 2 aromatic rings. The molecule has 0 aromatic carbocycles. The first kappa shape index (κ1) is 19.5. The summed E-state index contributed by atoms with van der Waals surface area (Å²) < 4.78 is 0. The lowest BCUT2D eigenvalue weighted by Crippen LogP contribution is -2.13. The standard InChI is InChI=1S/C18H24N2OS3/c1-14(13-22-11-6-10-20(2)3)24-18-15(7-4-9-19-18)17(21)16-8-5-12-23-16/h4-5,7-9,12,14H,6,10-11,13H2,1-3H3. The summed E-state index contributed by atoms with van der Waals surface area (Å²) in [6, 6.07) is 7.51. The summed E-state index contributed by atoms with van der Waals surface area (Å²) in [4.78, 5) is 20.1. The van der Waals surface area contributed by atoms with Crippen molar-refractivity contribution in [2.75, 3.05) is 32.1 Å². The van der Waals surface area contributed by atoms with Crippen LogP contribution in [0.2, 0.25) is 0 Å². The Labute approximate surface area is 157 Å². The molecule has 0 bridgehead atoms. The van der Waals surface area contributed by atoms with E-state index in [0.717, 1.165) is 27.8 Å². The Bertz CT molecular complexity index is 629. The number of ketones is 1. The summed E-state index contributed by atoms with van der Waals surface area (Å²) in [7, 11) is 4.21. The second kappa shape index (κ2) is 10.2. The van der Waals surface area contributed by atoms with Gasteiger partial charge >= 0.3 is 0 Å². The largest absolute Gasteiger partial charge is 0.309 e. The van der Waals surface area contributed by atoms with Crippen LogP contribution in [-0.2, 0) is 0 Å². The Morgan fingerprint density at radius 3 is 2.88 bits per heavy atom. The van der Waals surface area contributed by atoms with Gasteiger partial charge in [-0.25, -0.2) is 4.98 Å². The van der Waals surface area contributed by atoms with Crippen molar-refractivity contribution in [2.45, 2.75) is 23.6 Å². The molecule has 2 aromatic heterocycles. The molecular weight excluding hydrogens is 356 g/mol. The Kier molecular flexibility index (Phi) is 8.32. The number of thiophene rings is 1. The second-order valence-corrected chi connectivity index (χ2v) is 9.35. The molecule has 1 atom stereocenters. The lowest BCUT2D eigenvalue weighted by Gasteiger charge is -2.13. The summed E-state index contributed by atoms with van der Waals surface area (Å²) in [5.41, 5.74) is 0.717. The predicted molar refractivity (Wildman–Crippen MR) is 108 cm³/mol. The molecule has 0 aliphatic carbocycles. The highest BCUT2D eigenvalue weighted by Gasteiger charge is 2.17. The van der Waals surface area contributed by atoms with Crippen LogP contribution in [0.4, 0.5) is 0 Å². The van der Waals surface area contributed by atoms with Crippen molar-refractivity contribution in [1.29, 1.82) is 0 Å². The fraction of sp³-hybridized carbons (Fsp3) is 0.444. The minimum Gasteiger partial charge on any atom is -0.309 e. The van der Waals surface area contributed by atoms with Crippen LogP contribution in [0.15, 0.2) is 40.9 Å². The summed E-state index contributed by atoms with van der Waals surface area (Å²) in [6.07, 6.45) is 2.98. The van der Waals surface area contributed by atoms with Gasteiger partial charge in [-0.15, -0.1) is 23.1 Å². The Hall–Kier alpha value is -0.820. The van der Waals surface area contributed by atoms with E-state index in [0.29, 0.717) is 5.25 Å². The maximum Gasteiger partial charge on any atom is 0.205 e. The zero-order chi connectivity index (χ0) is 17.4. The van der Waals surface area contributed by atoms with Crippen LogP contribution in [0.5, 0.6) is 0 Å². The molecule has 2 heterocycles. The monoisotopic (exact) mass is 380 g/mol. The van der Waals surface area contributed by atoms with Crippen molar-refractivity contribution in [1.82, 2.24) is 9.88 Å². The van der Waals surface area contributed by atoms with Crippen molar-refractivity contribution in [2.24, 2.45) is 0 Å². The molecule has 0 fully saturated rings. The predicted octanol–water partition coefficient (Wildman–Crippen LogP) is 4.54. The summed E-state index contributed by atoms with van der Waals surface area (Å²) >= 11 is 5.16. The molecule has 0 aliphatic heterocycles. The third-order valence-corrected chi connectivity index (χ3v) is 6.83. The van der Waals surface area contributed by atoms with Gasteiger partial charge in [0.1, 0.15) is 5.03 Å². The van der Waals surface area contributed by atoms with Crippen molar-refractivity contribution in [3.63, 3.8) is 0 Å². The van der Waals surface area contributed by atoms with Gasteiger partial charge in [0.25, 0.3) is 0 Å². The van der Waals surface area contributed by atoms with E-state index in [4.69, 9.17) is 0 Å². The molecule has 0 spiro atoms. The number of thioether (sulfide) groups is 2. The van der Waals surface area contributed by atoms with E-state index in [1.165, 1.54) is 23.5 Å². The number of hydrogen-bond donors (Lipinski definition) is 0. The Morgan fingerprint density at radius 2 is 2.17 bits per heavy atom. The molecule has 2 rings (SSSR count). The first-order valence-electron chi connectivity index (χ1n) is 8.00. The van der Waals surface area contributed by atoms with Gasteiger partial charge in [-0.1, -0.05) is 13.0 Å². The molecule has 24 heavy (non-hydrogen) atoms. The number of carbonyl (C=O) groups is 1. The van der Waals surface area contributed by atoms with Crippen LogP contribution >= 0.6 is 34.9 Å². The zero-order valence-electron chi connectivity index (χ0n) is 14.4. The van der Waals surface area contributed by atoms with Crippen LogP contribution in [0, 0.1) is 0 Å². The van der Waals surface area contributed by atoms with E-state index in [2.05, 4.69) is 30.9 Å². The van der Waals surface area contributed by atoms with E-state index < -0.39 is 0 Å². The van der Waals surface area contributed by atoms with Gasteiger partial charge in [-0.3, -0.25) is 4.79 Å². The van der Waals surface area contributed by atoms with Crippen LogP contribution in [0.25, 0.3) is 0 Å². The molecule has 0 amide bonds. The maximum atomic E-state index is 12.6. The first-order valence-corrected chi connectivity index (χ1v) is 10.9. The zero-order valence-corrected chi connectivity index (χ0v) is 16.8. The second-order valence-electron chi connectivity index (χ2n) is 5.82. The maximum absolute atomic E-state index is 12.6. The molecule has 0 saturated heterocycles. The van der Waals surface area contributed by atoms with Crippen molar-refractivity contribution < 1.29 is 4.79 Å². The van der Waals surface area contributed by atoms with Gasteiger partial charge < -0.3 is 4.90 Å². The SMILES string of the molecule is CC(CSCCCN(C)C)Sc1ncccc1C(=O)c1cccs1. The lowest BCUT2D eigenvalue weighted by atomic mass is 10.1. The smallest absolute Gasteiger partial charge is 0.205 e. The van der Waals surface area contributed by atoms with Crippen LogP contribution < -0.4 is 0 Å². The van der Waals surface area contributed by atoms with Gasteiger partial charge in [0.05, 0.1) is 10.4 Å². The molecule has 6 heteroatoms. The lowest BCUT2D eigenvalue weighted by molar-refractivity contribution is 0.103. The Balaban J connectivity index is 1.89. The van der Waals surface area contributed by atoms with Gasteiger partial charge in [0, 0.05) is 17.2 Å². The fourth-order valence-electron chi connectivity index (χ4n) is 2.15. The van der Waals surface area contributed by atoms with Crippen LogP contribution in [0.3, 0.4) is 0 Å². The molecule has 0 saturated carbocycles. The van der Waals surface area contributed by atoms with Crippen LogP contribution in [0.1, 0.15) is 28.6 Å². The third kappa shape index (κ3) is 6.24. The molecule has 0 aliphatic rings. The normalized spacial score (nSPS) is 12.5. The summed E-state index contributed by atoms with van der Waals surface area (Å²) in [5.74, 6) is 2.32. The van der Waals surface area contributed by atoms with E-state index in [1.54, 1.807) is 18.0 Å². The van der Waals surface area contributed by atoms with Gasteiger partial charge in [-0.2, -0.15) is 11.8 Å². The van der Waals surface area contributed by atoms with E-state index >= 15 is 0 Å².